The first-order valence-corrected chi connectivity index (χ1v) is 17.4. The molecule has 33 heavy (non-hydrogen) atoms. The van der Waals surface area contributed by atoms with Gasteiger partial charge in [-0.15, -0.1) is 39.5 Å². The summed E-state index contributed by atoms with van der Waals surface area (Å²) >= 11 is 0. The van der Waals surface area contributed by atoms with E-state index in [0.717, 1.165) is 49.1 Å². The van der Waals surface area contributed by atoms with Crippen LogP contribution in [0.4, 0.5) is 4.79 Å². The zero-order chi connectivity index (χ0) is 25.1. The van der Waals surface area contributed by atoms with Crippen molar-refractivity contribution in [3.63, 3.8) is 0 Å². The van der Waals surface area contributed by atoms with Crippen LogP contribution < -0.4 is 5.43 Å². The van der Waals surface area contributed by atoms with Crippen molar-refractivity contribution >= 4 is 22.2 Å². The normalized spacial score (nSPS) is 19.4. The molecule has 2 atom stereocenters. The molecule has 0 bridgehead atoms. The molecule has 1 amide bonds. The van der Waals surface area contributed by atoms with Gasteiger partial charge in [-0.2, -0.15) is 0 Å². The summed E-state index contributed by atoms with van der Waals surface area (Å²) in [5.74, 6) is 0. The molecule has 6 heteroatoms. The first-order valence-electron chi connectivity index (χ1n) is 12.0. The Labute approximate surface area is 204 Å². The summed E-state index contributed by atoms with van der Waals surface area (Å²) in [6, 6.07) is 5.71. The van der Waals surface area contributed by atoms with E-state index in [2.05, 4.69) is 49.9 Å². The molecule has 0 aromatic carbocycles. The second-order valence-electron chi connectivity index (χ2n) is 10.3. The minimum atomic E-state index is -1.99. The Morgan fingerprint density at radius 3 is 1.33 bits per heavy atom. The number of hydrazine groups is 1. The molecule has 184 valence electrons. The van der Waals surface area contributed by atoms with Crippen LogP contribution in [0, 0.1) is 0 Å². The third-order valence-electron chi connectivity index (χ3n) is 6.72. The van der Waals surface area contributed by atoms with E-state index in [0.29, 0.717) is 0 Å². The van der Waals surface area contributed by atoms with Crippen LogP contribution >= 0.6 is 0 Å². The highest BCUT2D eigenvalue weighted by Gasteiger charge is 2.53. The highest BCUT2D eigenvalue weighted by Crippen LogP contribution is 2.43. The number of allylic oxidation sites excluding steroid dienone is 6. The van der Waals surface area contributed by atoms with E-state index in [1.807, 2.05) is 57.2 Å². The van der Waals surface area contributed by atoms with Crippen molar-refractivity contribution in [2.75, 3.05) is 0 Å². The lowest BCUT2D eigenvalue weighted by Crippen LogP contribution is -2.65. The average molecular weight is 487 g/mol. The topological polar surface area (TPSA) is 41.6 Å². The van der Waals surface area contributed by atoms with E-state index >= 15 is 0 Å². The van der Waals surface area contributed by atoms with Gasteiger partial charge >= 0.3 is 6.09 Å². The summed E-state index contributed by atoms with van der Waals surface area (Å²) in [4.78, 5) is 13.0. The number of carbonyl (C=O) groups excluding carboxylic acids is 1. The molecule has 1 saturated heterocycles. The van der Waals surface area contributed by atoms with E-state index < -0.39 is 27.8 Å². The molecular formula is C27H46N2O2Si2. The maximum atomic E-state index is 13.0. The number of carbonyl (C=O) groups is 1. The van der Waals surface area contributed by atoms with Gasteiger partial charge in [0.25, 0.3) is 0 Å². The molecule has 0 aromatic heterocycles. The number of rotatable bonds is 15. The maximum absolute atomic E-state index is 13.0. The van der Waals surface area contributed by atoms with Crippen LogP contribution in [0.1, 0.15) is 33.6 Å². The minimum Gasteiger partial charge on any atom is -0.443 e. The van der Waals surface area contributed by atoms with Gasteiger partial charge < -0.3 is 4.74 Å². The Morgan fingerprint density at radius 1 is 0.788 bits per heavy atom. The molecule has 4 nitrogen and oxygen atoms in total. The van der Waals surface area contributed by atoms with Gasteiger partial charge in [-0.3, -0.25) is 5.43 Å². The van der Waals surface area contributed by atoms with Crippen LogP contribution in [0.3, 0.4) is 0 Å². The number of hydrogen-bond donors (Lipinski definition) is 1. The van der Waals surface area contributed by atoms with Crippen molar-refractivity contribution in [3.05, 3.63) is 75.9 Å². The molecule has 1 aliphatic heterocycles. The van der Waals surface area contributed by atoms with Crippen LogP contribution in [0.5, 0.6) is 0 Å². The molecule has 0 saturated carbocycles. The molecule has 0 spiro atoms. The number of nitrogens with one attached hydrogen (secondary N) is 1. The lowest BCUT2D eigenvalue weighted by Gasteiger charge is -2.46. The van der Waals surface area contributed by atoms with Crippen LogP contribution in [0.25, 0.3) is 0 Å². The quantitative estimate of drug-likeness (QED) is 0.194. The third kappa shape index (κ3) is 7.55. The van der Waals surface area contributed by atoms with Crippen molar-refractivity contribution in [2.45, 2.75) is 86.8 Å². The standard InChI is InChI=1S/C27H46N2O2Si2/c1-10-18-32(19-11-2,20-12-3)24-16-17-25(29(24)28-26(30)31-27(7,8)9)33(21-13-4,22-14-5)23-15-6/h10-15,24-25H,1-6,16-23H2,7-9H3,(H,28,30). The predicted molar refractivity (Wildman–Crippen MR) is 150 cm³/mol. The number of nitrogens with zero attached hydrogens (tertiary/aromatic N) is 1. The Balaban J connectivity index is 3.60. The van der Waals surface area contributed by atoms with E-state index in [1.165, 1.54) is 0 Å². The lowest BCUT2D eigenvalue weighted by molar-refractivity contribution is 0.0317. The third-order valence-corrected chi connectivity index (χ3v) is 17.3. The van der Waals surface area contributed by atoms with Crippen LogP contribution in [-0.4, -0.2) is 44.2 Å². The smallest absolute Gasteiger partial charge is 0.422 e. The number of amides is 1. The Bertz CT molecular complexity index is 627. The minimum absolute atomic E-state index is 0.246. The van der Waals surface area contributed by atoms with Crippen molar-refractivity contribution < 1.29 is 9.53 Å². The van der Waals surface area contributed by atoms with Crippen molar-refractivity contribution in [2.24, 2.45) is 0 Å². The molecule has 1 heterocycles. The molecule has 1 N–H and O–H groups in total. The van der Waals surface area contributed by atoms with Gasteiger partial charge in [-0.1, -0.05) is 36.5 Å². The number of ether oxygens (including phenoxy) is 1. The lowest BCUT2D eigenvalue weighted by atomic mass is 10.2. The monoisotopic (exact) mass is 486 g/mol. The Hall–Kier alpha value is -1.90. The van der Waals surface area contributed by atoms with Crippen LogP contribution in [0.15, 0.2) is 75.9 Å². The fourth-order valence-electron chi connectivity index (χ4n) is 5.62. The molecule has 0 aliphatic carbocycles. The molecule has 2 unspecified atom stereocenters. The van der Waals surface area contributed by atoms with Gasteiger partial charge in [0.05, 0.1) is 16.1 Å². The van der Waals surface area contributed by atoms with Gasteiger partial charge in [0.15, 0.2) is 0 Å². The van der Waals surface area contributed by atoms with E-state index in [4.69, 9.17) is 4.74 Å². The molecule has 0 radical (unpaired) electrons. The summed E-state index contributed by atoms with van der Waals surface area (Å²) in [5, 5.41) is 2.29. The predicted octanol–water partition coefficient (Wildman–Crippen LogP) is 7.35. The zero-order valence-corrected chi connectivity index (χ0v) is 23.3. The summed E-state index contributed by atoms with van der Waals surface area (Å²) in [7, 11) is -3.99. The summed E-state index contributed by atoms with van der Waals surface area (Å²) in [5.41, 5.74) is 3.16. The summed E-state index contributed by atoms with van der Waals surface area (Å²) in [6.45, 7) is 30.1. The van der Waals surface area contributed by atoms with Crippen molar-refractivity contribution in [1.29, 1.82) is 0 Å². The Kier molecular flexibility index (Phi) is 11.6. The first kappa shape index (κ1) is 29.1. The van der Waals surface area contributed by atoms with E-state index in [9.17, 15) is 4.79 Å². The van der Waals surface area contributed by atoms with E-state index in [-0.39, 0.29) is 11.3 Å². The van der Waals surface area contributed by atoms with E-state index in [1.54, 1.807) is 0 Å². The van der Waals surface area contributed by atoms with Gasteiger partial charge in [0.1, 0.15) is 5.60 Å². The fourth-order valence-corrected chi connectivity index (χ4v) is 15.1. The van der Waals surface area contributed by atoms with Gasteiger partial charge in [0.2, 0.25) is 0 Å². The van der Waals surface area contributed by atoms with Gasteiger partial charge in [-0.25, -0.2) is 9.80 Å². The zero-order valence-electron chi connectivity index (χ0n) is 21.3. The van der Waals surface area contributed by atoms with Gasteiger partial charge in [0, 0.05) is 11.3 Å². The van der Waals surface area contributed by atoms with Gasteiger partial charge in [-0.05, 0) is 69.9 Å². The SMILES string of the molecule is C=CC[Si](CC=C)(CC=C)C1CCC([Si](CC=C)(CC=C)CC=C)N1NC(=O)OC(C)(C)C. The second kappa shape index (κ2) is 13.1. The van der Waals surface area contributed by atoms with Crippen molar-refractivity contribution in [1.82, 2.24) is 10.4 Å². The molecule has 1 aliphatic rings. The fraction of sp³-hybridized carbons (Fsp3) is 0.519. The van der Waals surface area contributed by atoms with Crippen LogP contribution in [-0.2, 0) is 4.74 Å². The van der Waals surface area contributed by atoms with Crippen LogP contribution in [0.2, 0.25) is 36.3 Å². The average Bonchev–Trinajstić information content (AvgIpc) is 3.12. The highest BCUT2D eigenvalue weighted by molar-refractivity contribution is 6.84. The molecular weight excluding hydrogens is 440 g/mol. The molecule has 1 fully saturated rings. The highest BCUT2D eigenvalue weighted by atomic mass is 28.3. The first-order chi connectivity index (χ1) is 15.6. The maximum Gasteiger partial charge on any atom is 0.422 e. The Morgan fingerprint density at radius 2 is 1.09 bits per heavy atom. The second-order valence-corrected chi connectivity index (χ2v) is 19.5. The van der Waals surface area contributed by atoms with Crippen molar-refractivity contribution in [3.8, 4) is 0 Å². The summed E-state index contributed by atoms with van der Waals surface area (Å²) < 4.78 is 5.70. The largest absolute Gasteiger partial charge is 0.443 e. The number of hydrogen-bond acceptors (Lipinski definition) is 3. The summed E-state index contributed by atoms with van der Waals surface area (Å²) in [6.07, 6.45) is 13.9. The molecule has 0 aromatic rings. The molecule has 1 rings (SSSR count).